The minimum Gasteiger partial charge on any atom is -0.377 e. The highest BCUT2D eigenvalue weighted by molar-refractivity contribution is 5.02. The number of rotatable bonds is 5. The largest absolute Gasteiger partial charge is 0.377 e. The molecule has 1 aliphatic rings. The van der Waals surface area contributed by atoms with E-state index in [1.807, 2.05) is 0 Å². The van der Waals surface area contributed by atoms with Crippen LogP contribution in [0.1, 0.15) is 26.7 Å². The Bertz CT molecular complexity index is 194. The zero-order valence-corrected chi connectivity index (χ0v) is 8.55. The summed E-state index contributed by atoms with van der Waals surface area (Å²) in [6.45, 7) is 7.86. The SMILES string of the molecule is CCCN(CC)C1(CC#N)COC1. The van der Waals surface area contributed by atoms with Crippen molar-refractivity contribution >= 4 is 0 Å². The standard InChI is InChI=1S/C10H18N2O/c1-3-7-12(4-2)10(5-6-11)8-13-9-10/h3-5,7-9H2,1-2H3. The Labute approximate surface area is 80.3 Å². The highest BCUT2D eigenvalue weighted by Gasteiger charge is 2.42. The van der Waals surface area contributed by atoms with Crippen molar-refractivity contribution < 1.29 is 4.74 Å². The molecule has 0 N–H and O–H groups in total. The molecular formula is C10H18N2O. The number of hydrogen-bond acceptors (Lipinski definition) is 3. The molecule has 1 rings (SSSR count). The van der Waals surface area contributed by atoms with Crippen LogP contribution in [0.3, 0.4) is 0 Å². The van der Waals surface area contributed by atoms with Gasteiger partial charge in [-0.1, -0.05) is 13.8 Å². The first-order chi connectivity index (χ1) is 6.29. The Morgan fingerprint density at radius 3 is 2.46 bits per heavy atom. The molecule has 0 radical (unpaired) electrons. The van der Waals surface area contributed by atoms with Crippen molar-refractivity contribution in [1.82, 2.24) is 4.90 Å². The average molecular weight is 182 g/mol. The van der Waals surface area contributed by atoms with Gasteiger partial charge in [-0.15, -0.1) is 0 Å². The van der Waals surface area contributed by atoms with Crippen molar-refractivity contribution in [3.63, 3.8) is 0 Å². The molecule has 0 saturated carbocycles. The lowest BCUT2D eigenvalue weighted by molar-refractivity contribution is -0.136. The third kappa shape index (κ3) is 2.01. The van der Waals surface area contributed by atoms with E-state index in [1.165, 1.54) is 0 Å². The van der Waals surface area contributed by atoms with E-state index in [4.69, 9.17) is 10.00 Å². The maximum Gasteiger partial charge on any atom is 0.0809 e. The highest BCUT2D eigenvalue weighted by atomic mass is 16.5. The van der Waals surface area contributed by atoms with Crippen LogP contribution in [0.4, 0.5) is 0 Å². The van der Waals surface area contributed by atoms with Gasteiger partial charge in [0.25, 0.3) is 0 Å². The fourth-order valence-corrected chi connectivity index (χ4v) is 1.88. The molecule has 0 aromatic carbocycles. The Kier molecular flexibility index (Phi) is 3.71. The molecule has 3 nitrogen and oxygen atoms in total. The molecule has 0 spiro atoms. The third-order valence-corrected chi connectivity index (χ3v) is 2.70. The molecule has 13 heavy (non-hydrogen) atoms. The molecule has 3 heteroatoms. The molecule has 74 valence electrons. The molecule has 0 bridgehead atoms. The van der Waals surface area contributed by atoms with Gasteiger partial charge in [0.05, 0.1) is 31.2 Å². The van der Waals surface area contributed by atoms with Crippen LogP contribution < -0.4 is 0 Å². The molecule has 0 aromatic rings. The van der Waals surface area contributed by atoms with Crippen LogP contribution in [0.2, 0.25) is 0 Å². The van der Waals surface area contributed by atoms with Crippen LogP contribution >= 0.6 is 0 Å². The first kappa shape index (κ1) is 10.5. The summed E-state index contributed by atoms with van der Waals surface area (Å²) in [5, 5.41) is 8.75. The van der Waals surface area contributed by atoms with Crippen molar-refractivity contribution in [2.24, 2.45) is 0 Å². The number of hydrogen-bond donors (Lipinski definition) is 0. The third-order valence-electron chi connectivity index (χ3n) is 2.70. The Balaban J connectivity index is 2.57. The summed E-state index contributed by atoms with van der Waals surface area (Å²) < 4.78 is 5.23. The molecule has 1 saturated heterocycles. The summed E-state index contributed by atoms with van der Waals surface area (Å²) in [5.74, 6) is 0. The highest BCUT2D eigenvalue weighted by Crippen LogP contribution is 2.28. The summed E-state index contributed by atoms with van der Waals surface area (Å²) in [6, 6.07) is 2.26. The zero-order chi connectivity index (χ0) is 9.73. The minimum atomic E-state index is 0.0412. The van der Waals surface area contributed by atoms with Gasteiger partial charge in [0.15, 0.2) is 0 Å². The smallest absolute Gasteiger partial charge is 0.0809 e. The Morgan fingerprint density at radius 1 is 1.46 bits per heavy atom. The van der Waals surface area contributed by atoms with Crippen molar-refractivity contribution in [2.45, 2.75) is 32.2 Å². The van der Waals surface area contributed by atoms with Crippen LogP contribution in [-0.2, 0) is 4.74 Å². The molecule has 1 aliphatic heterocycles. The predicted octanol–water partition coefficient (Wildman–Crippen LogP) is 1.40. The van der Waals surface area contributed by atoms with Crippen LogP contribution in [0.25, 0.3) is 0 Å². The second kappa shape index (κ2) is 4.59. The lowest BCUT2D eigenvalue weighted by Crippen LogP contribution is -2.62. The Morgan fingerprint density at radius 2 is 2.15 bits per heavy atom. The van der Waals surface area contributed by atoms with E-state index in [-0.39, 0.29) is 5.54 Å². The topological polar surface area (TPSA) is 36.3 Å². The van der Waals surface area contributed by atoms with E-state index < -0.39 is 0 Å². The molecule has 1 fully saturated rings. The van der Waals surface area contributed by atoms with E-state index in [9.17, 15) is 0 Å². The molecule has 1 heterocycles. The van der Waals surface area contributed by atoms with Gasteiger partial charge in [-0.25, -0.2) is 0 Å². The molecule has 0 aromatic heterocycles. The van der Waals surface area contributed by atoms with E-state index in [0.29, 0.717) is 6.42 Å². The monoisotopic (exact) mass is 182 g/mol. The number of nitriles is 1. The van der Waals surface area contributed by atoms with Crippen molar-refractivity contribution in [1.29, 1.82) is 5.26 Å². The summed E-state index contributed by atoms with van der Waals surface area (Å²) in [6.07, 6.45) is 1.74. The lowest BCUT2D eigenvalue weighted by Gasteiger charge is -2.48. The van der Waals surface area contributed by atoms with Crippen molar-refractivity contribution in [3.8, 4) is 6.07 Å². The van der Waals surface area contributed by atoms with E-state index in [1.54, 1.807) is 0 Å². The average Bonchev–Trinajstić information content (AvgIpc) is 2.08. The molecule has 0 amide bonds. The fourth-order valence-electron chi connectivity index (χ4n) is 1.88. The lowest BCUT2D eigenvalue weighted by atomic mass is 9.91. The van der Waals surface area contributed by atoms with Crippen molar-refractivity contribution in [3.05, 3.63) is 0 Å². The van der Waals surface area contributed by atoms with Crippen LogP contribution in [0.5, 0.6) is 0 Å². The van der Waals surface area contributed by atoms with Crippen LogP contribution in [0.15, 0.2) is 0 Å². The molecule has 0 unspecified atom stereocenters. The fraction of sp³-hybridized carbons (Fsp3) is 0.900. The van der Waals surface area contributed by atoms with Gasteiger partial charge in [-0.2, -0.15) is 5.26 Å². The van der Waals surface area contributed by atoms with Gasteiger partial charge in [-0.05, 0) is 19.5 Å². The zero-order valence-electron chi connectivity index (χ0n) is 8.55. The number of nitrogens with zero attached hydrogens (tertiary/aromatic N) is 2. The van der Waals surface area contributed by atoms with Gasteiger partial charge in [0.1, 0.15) is 0 Å². The molecule has 0 atom stereocenters. The van der Waals surface area contributed by atoms with E-state index >= 15 is 0 Å². The van der Waals surface area contributed by atoms with Crippen LogP contribution in [0, 0.1) is 11.3 Å². The number of ether oxygens (including phenoxy) is 1. The van der Waals surface area contributed by atoms with Gasteiger partial charge >= 0.3 is 0 Å². The maximum atomic E-state index is 8.75. The summed E-state index contributed by atoms with van der Waals surface area (Å²) in [7, 11) is 0. The summed E-state index contributed by atoms with van der Waals surface area (Å²) in [5.41, 5.74) is 0.0412. The van der Waals surface area contributed by atoms with Gasteiger partial charge in [0.2, 0.25) is 0 Å². The van der Waals surface area contributed by atoms with E-state index in [0.717, 1.165) is 32.7 Å². The van der Waals surface area contributed by atoms with Crippen molar-refractivity contribution in [2.75, 3.05) is 26.3 Å². The maximum absolute atomic E-state index is 8.75. The first-order valence-corrected chi connectivity index (χ1v) is 4.99. The Hall–Kier alpha value is -0.590. The minimum absolute atomic E-state index is 0.0412. The second-order valence-electron chi connectivity index (χ2n) is 3.63. The van der Waals surface area contributed by atoms with E-state index in [2.05, 4.69) is 24.8 Å². The molecular weight excluding hydrogens is 164 g/mol. The normalized spacial score (nSPS) is 19.5. The number of likely N-dealkylation sites (N-methyl/N-ethyl adjacent to an activating group) is 1. The van der Waals surface area contributed by atoms with Gasteiger partial charge in [-0.3, -0.25) is 4.90 Å². The first-order valence-electron chi connectivity index (χ1n) is 4.99. The second-order valence-corrected chi connectivity index (χ2v) is 3.63. The molecule has 0 aliphatic carbocycles. The van der Waals surface area contributed by atoms with Gasteiger partial charge in [0, 0.05) is 0 Å². The summed E-state index contributed by atoms with van der Waals surface area (Å²) >= 11 is 0. The van der Waals surface area contributed by atoms with Gasteiger partial charge < -0.3 is 4.74 Å². The quantitative estimate of drug-likeness (QED) is 0.645. The summed E-state index contributed by atoms with van der Waals surface area (Å²) in [4.78, 5) is 2.37. The van der Waals surface area contributed by atoms with Crippen LogP contribution in [-0.4, -0.2) is 36.7 Å². The predicted molar refractivity (Wildman–Crippen MR) is 51.3 cm³/mol.